The standard InChI is InChI=1S/C21H34O/c1-5-8-15-10-11-16-17-9-7-13-20(17,3)14-18(22)19(16)21(15,4)12-6-2/h5,8,16-19,22H,1,6-7,9-14H2,2-4H3/b15-8-. The van der Waals surface area contributed by atoms with Gasteiger partial charge in [0.05, 0.1) is 6.10 Å². The van der Waals surface area contributed by atoms with Gasteiger partial charge in [0.2, 0.25) is 0 Å². The Bertz CT molecular complexity index is 465. The van der Waals surface area contributed by atoms with Crippen molar-refractivity contribution in [1.29, 1.82) is 0 Å². The van der Waals surface area contributed by atoms with Crippen LogP contribution in [0.1, 0.15) is 72.1 Å². The van der Waals surface area contributed by atoms with Crippen LogP contribution in [0.2, 0.25) is 0 Å². The van der Waals surface area contributed by atoms with Crippen LogP contribution in [0.5, 0.6) is 0 Å². The van der Waals surface area contributed by atoms with Crippen LogP contribution in [-0.2, 0) is 0 Å². The molecule has 0 amide bonds. The molecule has 124 valence electrons. The van der Waals surface area contributed by atoms with E-state index in [4.69, 9.17) is 0 Å². The number of aliphatic hydroxyl groups excluding tert-OH is 1. The van der Waals surface area contributed by atoms with Crippen LogP contribution in [0.3, 0.4) is 0 Å². The molecule has 0 spiro atoms. The molecule has 1 nitrogen and oxygen atoms in total. The van der Waals surface area contributed by atoms with Crippen molar-refractivity contribution in [1.82, 2.24) is 0 Å². The predicted molar refractivity (Wildman–Crippen MR) is 93.6 cm³/mol. The summed E-state index contributed by atoms with van der Waals surface area (Å²) in [5.74, 6) is 2.04. The summed E-state index contributed by atoms with van der Waals surface area (Å²) in [5, 5.41) is 11.1. The smallest absolute Gasteiger partial charge is 0.0584 e. The normalized spacial score (nSPS) is 49.7. The van der Waals surface area contributed by atoms with Gasteiger partial charge in [-0.05, 0) is 67.1 Å². The minimum atomic E-state index is -0.116. The Morgan fingerprint density at radius 1 is 1.32 bits per heavy atom. The summed E-state index contributed by atoms with van der Waals surface area (Å²) in [7, 11) is 0. The highest BCUT2D eigenvalue weighted by molar-refractivity contribution is 5.25. The average molecular weight is 303 g/mol. The molecule has 0 aliphatic heterocycles. The lowest BCUT2D eigenvalue weighted by molar-refractivity contribution is -0.116. The SMILES string of the molecule is C=C/C=C1/CCC2C3CCCC3(C)CC(O)C2C1(C)CCC. The Labute approximate surface area is 136 Å². The Morgan fingerprint density at radius 3 is 2.77 bits per heavy atom. The van der Waals surface area contributed by atoms with Gasteiger partial charge in [-0.15, -0.1) is 0 Å². The van der Waals surface area contributed by atoms with Crippen molar-refractivity contribution < 1.29 is 5.11 Å². The van der Waals surface area contributed by atoms with Crippen molar-refractivity contribution in [3.63, 3.8) is 0 Å². The summed E-state index contributed by atoms with van der Waals surface area (Å²) < 4.78 is 0. The third-order valence-electron chi connectivity index (χ3n) is 7.53. The Hall–Kier alpha value is -0.560. The first kappa shape index (κ1) is 16.3. The van der Waals surface area contributed by atoms with Gasteiger partial charge < -0.3 is 5.11 Å². The van der Waals surface area contributed by atoms with E-state index in [1.165, 1.54) is 44.9 Å². The first-order valence-corrected chi connectivity index (χ1v) is 9.46. The van der Waals surface area contributed by atoms with E-state index in [-0.39, 0.29) is 11.5 Å². The van der Waals surface area contributed by atoms with Crippen LogP contribution in [0.25, 0.3) is 0 Å². The number of hydrogen-bond donors (Lipinski definition) is 1. The first-order valence-electron chi connectivity index (χ1n) is 9.46. The Balaban J connectivity index is 1.99. The molecule has 0 saturated heterocycles. The number of aliphatic hydroxyl groups is 1. The van der Waals surface area contributed by atoms with Crippen molar-refractivity contribution in [3.8, 4) is 0 Å². The monoisotopic (exact) mass is 302 g/mol. The summed E-state index contributed by atoms with van der Waals surface area (Å²) in [4.78, 5) is 0. The molecular formula is C21H34O. The number of fused-ring (bicyclic) bond motifs is 3. The van der Waals surface area contributed by atoms with Crippen LogP contribution in [0, 0.1) is 28.6 Å². The van der Waals surface area contributed by atoms with Crippen LogP contribution in [-0.4, -0.2) is 11.2 Å². The summed E-state index contributed by atoms with van der Waals surface area (Å²) in [6.07, 6.45) is 14.1. The van der Waals surface area contributed by atoms with E-state index in [1.54, 1.807) is 5.57 Å². The second-order valence-corrected chi connectivity index (χ2v) is 8.75. The minimum Gasteiger partial charge on any atom is -0.393 e. The molecule has 0 bridgehead atoms. The molecule has 3 fully saturated rings. The van der Waals surface area contributed by atoms with Gasteiger partial charge in [-0.2, -0.15) is 0 Å². The highest BCUT2D eigenvalue weighted by Gasteiger charge is 2.58. The van der Waals surface area contributed by atoms with Gasteiger partial charge in [0.1, 0.15) is 0 Å². The fourth-order valence-corrected chi connectivity index (χ4v) is 6.75. The maximum Gasteiger partial charge on any atom is 0.0584 e. The second-order valence-electron chi connectivity index (χ2n) is 8.75. The molecule has 0 heterocycles. The van der Waals surface area contributed by atoms with Gasteiger partial charge in [-0.3, -0.25) is 0 Å². The van der Waals surface area contributed by atoms with Gasteiger partial charge in [0, 0.05) is 0 Å². The molecule has 0 aromatic heterocycles. The lowest BCUT2D eigenvalue weighted by Crippen LogP contribution is -2.54. The van der Waals surface area contributed by atoms with E-state index in [9.17, 15) is 5.11 Å². The van der Waals surface area contributed by atoms with Crippen LogP contribution in [0.15, 0.2) is 24.3 Å². The topological polar surface area (TPSA) is 20.2 Å². The van der Waals surface area contributed by atoms with Crippen molar-refractivity contribution in [3.05, 3.63) is 24.3 Å². The van der Waals surface area contributed by atoms with Gasteiger partial charge >= 0.3 is 0 Å². The molecule has 3 saturated carbocycles. The lowest BCUT2D eigenvalue weighted by Gasteiger charge is -2.58. The van der Waals surface area contributed by atoms with E-state index in [0.29, 0.717) is 11.3 Å². The zero-order valence-corrected chi connectivity index (χ0v) is 14.8. The van der Waals surface area contributed by atoms with Crippen molar-refractivity contribution in [2.75, 3.05) is 0 Å². The number of allylic oxidation sites excluding steroid dienone is 3. The summed E-state index contributed by atoms with van der Waals surface area (Å²) in [6.45, 7) is 11.1. The molecule has 3 aliphatic rings. The average Bonchev–Trinajstić information content (AvgIpc) is 2.83. The molecular weight excluding hydrogens is 268 g/mol. The third-order valence-corrected chi connectivity index (χ3v) is 7.53. The second kappa shape index (κ2) is 5.82. The maximum atomic E-state index is 11.1. The largest absolute Gasteiger partial charge is 0.393 e. The molecule has 3 aliphatic carbocycles. The molecule has 0 aromatic carbocycles. The van der Waals surface area contributed by atoms with Gasteiger partial charge in [0.25, 0.3) is 0 Å². The van der Waals surface area contributed by atoms with E-state index in [1.807, 2.05) is 6.08 Å². The van der Waals surface area contributed by atoms with Crippen molar-refractivity contribution >= 4 is 0 Å². The Kier molecular flexibility index (Phi) is 4.31. The van der Waals surface area contributed by atoms with E-state index in [0.717, 1.165) is 18.3 Å². The molecule has 1 heteroatoms. The lowest BCUT2D eigenvalue weighted by atomic mass is 9.47. The number of hydrogen-bond acceptors (Lipinski definition) is 1. The van der Waals surface area contributed by atoms with Crippen LogP contribution >= 0.6 is 0 Å². The highest BCUT2D eigenvalue weighted by atomic mass is 16.3. The first-order chi connectivity index (χ1) is 10.5. The molecule has 1 N–H and O–H groups in total. The Morgan fingerprint density at radius 2 is 2.09 bits per heavy atom. The zero-order chi connectivity index (χ0) is 16.0. The van der Waals surface area contributed by atoms with Crippen LogP contribution < -0.4 is 0 Å². The minimum absolute atomic E-state index is 0.116. The molecule has 22 heavy (non-hydrogen) atoms. The van der Waals surface area contributed by atoms with E-state index >= 15 is 0 Å². The third kappa shape index (κ3) is 2.31. The molecule has 6 atom stereocenters. The quantitative estimate of drug-likeness (QED) is 0.729. The fourth-order valence-electron chi connectivity index (χ4n) is 6.75. The van der Waals surface area contributed by atoms with E-state index < -0.39 is 0 Å². The number of rotatable bonds is 3. The molecule has 0 radical (unpaired) electrons. The van der Waals surface area contributed by atoms with E-state index in [2.05, 4.69) is 33.4 Å². The van der Waals surface area contributed by atoms with Crippen LogP contribution in [0.4, 0.5) is 0 Å². The summed E-state index contributed by atoms with van der Waals surface area (Å²) in [5.41, 5.74) is 2.13. The fraction of sp³-hybridized carbons (Fsp3) is 0.810. The summed E-state index contributed by atoms with van der Waals surface area (Å²) >= 11 is 0. The van der Waals surface area contributed by atoms with Crippen molar-refractivity contribution in [2.24, 2.45) is 28.6 Å². The predicted octanol–water partition coefficient (Wildman–Crippen LogP) is 5.50. The molecule has 0 aromatic rings. The van der Waals surface area contributed by atoms with Gasteiger partial charge in [-0.25, -0.2) is 0 Å². The maximum absolute atomic E-state index is 11.1. The molecule has 6 unspecified atom stereocenters. The molecule has 3 rings (SSSR count). The zero-order valence-electron chi connectivity index (χ0n) is 14.8. The highest BCUT2D eigenvalue weighted by Crippen LogP contribution is 2.64. The van der Waals surface area contributed by atoms with Gasteiger partial charge in [-0.1, -0.05) is 57.9 Å². The van der Waals surface area contributed by atoms with Gasteiger partial charge in [0.15, 0.2) is 0 Å². The summed E-state index contributed by atoms with van der Waals surface area (Å²) in [6, 6.07) is 0. The van der Waals surface area contributed by atoms with Crippen molar-refractivity contribution in [2.45, 2.75) is 78.2 Å².